The van der Waals surface area contributed by atoms with Crippen molar-refractivity contribution in [1.82, 2.24) is 19.1 Å². The smallest absolute Gasteiger partial charge is 0.341 e. The summed E-state index contributed by atoms with van der Waals surface area (Å²) in [7, 11) is -1.69. The second-order valence-corrected chi connectivity index (χ2v) is 13.7. The molecule has 1 unspecified atom stereocenters. The van der Waals surface area contributed by atoms with Gasteiger partial charge >= 0.3 is 6.03 Å². The van der Waals surface area contributed by atoms with Crippen LogP contribution < -0.4 is 10.5 Å². The van der Waals surface area contributed by atoms with E-state index in [0.717, 1.165) is 27.4 Å². The highest BCUT2D eigenvalue weighted by molar-refractivity contribution is 7.89. The van der Waals surface area contributed by atoms with E-state index in [4.69, 9.17) is 22.1 Å². The van der Waals surface area contributed by atoms with Crippen molar-refractivity contribution in [3.8, 4) is 17.2 Å². The van der Waals surface area contributed by atoms with Gasteiger partial charge in [-0.1, -0.05) is 36.2 Å². The zero-order valence-electron chi connectivity index (χ0n) is 26.2. The van der Waals surface area contributed by atoms with Gasteiger partial charge in [0.25, 0.3) is 21.8 Å². The number of carbonyl (C=O) groups is 3. The minimum atomic E-state index is -4.68. The highest BCUT2D eigenvalue weighted by Crippen LogP contribution is 2.36. The lowest BCUT2D eigenvalue weighted by atomic mass is 10.0. The molecule has 1 aliphatic heterocycles. The van der Waals surface area contributed by atoms with Crippen LogP contribution in [0, 0.1) is 6.92 Å². The van der Waals surface area contributed by atoms with Gasteiger partial charge in [-0.15, -0.1) is 0 Å². The van der Waals surface area contributed by atoms with Crippen LogP contribution >= 0.6 is 11.6 Å². The molecule has 0 aliphatic carbocycles. The lowest BCUT2D eigenvalue weighted by Crippen LogP contribution is -2.41. The maximum absolute atomic E-state index is 14.4. The average Bonchev–Trinajstić information content (AvgIpc) is 3.55. The first kappa shape index (κ1) is 33.8. The Kier molecular flexibility index (Phi) is 9.80. The number of fused-ring (bicyclic) bond motifs is 1. The highest BCUT2D eigenvalue weighted by Gasteiger charge is 2.51. The van der Waals surface area contributed by atoms with Crippen LogP contribution in [0.3, 0.4) is 0 Å². The van der Waals surface area contributed by atoms with E-state index in [0.29, 0.717) is 35.7 Å². The molecule has 0 radical (unpaired) electrons. The van der Waals surface area contributed by atoms with E-state index in [1.165, 1.54) is 49.3 Å². The van der Waals surface area contributed by atoms with Crippen LogP contribution in [0.2, 0.25) is 5.02 Å². The molecule has 1 aromatic heterocycles. The fourth-order valence-corrected chi connectivity index (χ4v) is 7.27. The van der Waals surface area contributed by atoms with Gasteiger partial charge in [-0.3, -0.25) is 14.5 Å². The number of aromatic hydroxyl groups is 1. The molecule has 12 nitrogen and oxygen atoms in total. The van der Waals surface area contributed by atoms with Crippen LogP contribution in [0.5, 0.6) is 17.2 Å². The number of rotatable bonds is 12. The quantitative estimate of drug-likeness (QED) is 0.138. The number of aromatic amines is 1. The molecular weight excluding hydrogens is 646 g/mol. The number of phenols is 1. The first-order chi connectivity index (χ1) is 22.3. The number of benzene rings is 3. The summed E-state index contributed by atoms with van der Waals surface area (Å²) < 4.78 is 35.2. The number of unbranched alkanes of at least 4 members (excludes halogenated alkanes) is 2. The van der Waals surface area contributed by atoms with Crippen LogP contribution in [-0.4, -0.2) is 83.7 Å². The van der Waals surface area contributed by atoms with Gasteiger partial charge in [0.1, 0.15) is 23.3 Å². The lowest BCUT2D eigenvalue weighted by Gasteiger charge is -2.23. The first-order valence-electron chi connectivity index (χ1n) is 15.0. The average molecular weight is 682 g/mol. The number of sulfonamides is 1. The number of halogens is 1. The van der Waals surface area contributed by atoms with Gasteiger partial charge in [-0.25, -0.2) is 17.5 Å². The Morgan fingerprint density at radius 2 is 1.85 bits per heavy atom. The van der Waals surface area contributed by atoms with Crippen LogP contribution in [0.25, 0.3) is 10.9 Å². The van der Waals surface area contributed by atoms with Gasteiger partial charge in [0.2, 0.25) is 0 Å². The number of ether oxygens (including phenoxy) is 1. The number of aryl methyl sites for hydroxylation is 1. The van der Waals surface area contributed by atoms with Gasteiger partial charge in [0.05, 0.1) is 15.5 Å². The molecule has 1 fully saturated rings. The fraction of sp³-hybridized carbons (Fsp3) is 0.303. The van der Waals surface area contributed by atoms with E-state index in [-0.39, 0.29) is 45.7 Å². The van der Waals surface area contributed by atoms with Crippen LogP contribution in [0.15, 0.2) is 65.7 Å². The number of carbonyl (C=O) groups excluding carboxylic acids is 3. The molecule has 248 valence electrons. The molecule has 0 saturated carbocycles. The van der Waals surface area contributed by atoms with Crippen molar-refractivity contribution in [2.75, 3.05) is 27.2 Å². The van der Waals surface area contributed by atoms with Gasteiger partial charge < -0.3 is 25.5 Å². The summed E-state index contributed by atoms with van der Waals surface area (Å²) in [6.45, 7) is 2.43. The van der Waals surface area contributed by atoms with E-state index in [1.807, 2.05) is 25.1 Å². The van der Waals surface area contributed by atoms with Gasteiger partial charge in [-0.2, -0.15) is 0 Å². The molecule has 4 aromatic rings. The van der Waals surface area contributed by atoms with E-state index < -0.39 is 33.9 Å². The van der Waals surface area contributed by atoms with Crippen molar-refractivity contribution < 1.29 is 32.6 Å². The molecule has 2 heterocycles. The van der Waals surface area contributed by atoms with Crippen molar-refractivity contribution in [1.29, 1.82) is 0 Å². The number of amides is 4. The fourth-order valence-electron chi connectivity index (χ4n) is 5.56. The molecule has 14 heteroatoms. The SMILES string of the molecule is Cc1cccc2c(CC3C(=O)N(CCCCCN)C(=O)N3S(=O)(=O)c3ccc(Oc4ccc(O)c(Cl)c4)c(C(=O)N(C)C)c3)c[nH]c12. The summed E-state index contributed by atoms with van der Waals surface area (Å²) in [6, 6.07) is 11.1. The second-order valence-electron chi connectivity index (χ2n) is 11.5. The predicted molar refractivity (Wildman–Crippen MR) is 177 cm³/mol. The highest BCUT2D eigenvalue weighted by atomic mass is 35.5. The van der Waals surface area contributed by atoms with E-state index in [1.54, 1.807) is 6.20 Å². The molecule has 3 aromatic carbocycles. The third-order valence-corrected chi connectivity index (χ3v) is 10.1. The summed E-state index contributed by atoms with van der Waals surface area (Å²) >= 11 is 6.02. The summed E-state index contributed by atoms with van der Waals surface area (Å²) in [4.78, 5) is 46.0. The summed E-state index contributed by atoms with van der Waals surface area (Å²) in [6.07, 6.45) is 3.50. The molecule has 1 atom stereocenters. The normalized spacial score (nSPS) is 15.1. The van der Waals surface area contributed by atoms with E-state index in [2.05, 4.69) is 4.98 Å². The Labute approximate surface area is 277 Å². The monoisotopic (exact) mass is 681 g/mol. The zero-order valence-corrected chi connectivity index (χ0v) is 27.8. The molecule has 47 heavy (non-hydrogen) atoms. The van der Waals surface area contributed by atoms with Crippen LogP contribution in [0.4, 0.5) is 4.79 Å². The van der Waals surface area contributed by atoms with Crippen molar-refractivity contribution in [3.05, 3.63) is 82.5 Å². The van der Waals surface area contributed by atoms with Crippen molar-refractivity contribution in [2.45, 2.75) is 43.5 Å². The number of hydrogen-bond acceptors (Lipinski definition) is 8. The minimum Gasteiger partial charge on any atom is -0.506 e. The van der Waals surface area contributed by atoms with Gasteiger partial charge in [0, 0.05) is 50.2 Å². The molecule has 1 saturated heterocycles. The number of H-pyrrole nitrogens is 1. The van der Waals surface area contributed by atoms with Crippen molar-refractivity contribution in [3.63, 3.8) is 0 Å². The third-order valence-electron chi connectivity index (χ3n) is 8.05. The number of nitrogens with zero attached hydrogens (tertiary/aromatic N) is 3. The topological polar surface area (TPSA) is 166 Å². The number of para-hydroxylation sites is 1. The largest absolute Gasteiger partial charge is 0.506 e. The molecule has 0 spiro atoms. The number of imide groups is 1. The molecule has 0 bridgehead atoms. The third kappa shape index (κ3) is 6.64. The minimum absolute atomic E-state index is 0.0143. The molecule has 1 aliphatic rings. The molecule has 4 N–H and O–H groups in total. The molecule has 4 amide bonds. The van der Waals surface area contributed by atoms with Crippen LogP contribution in [0.1, 0.15) is 40.7 Å². The standard InChI is InChI=1S/C33H36ClN5O7S/c1-20-8-7-9-24-21(19-36-30(20)24)16-27-32(42)38(15-6-4-5-14-35)33(43)39(27)47(44,45)23-11-13-29(25(18-23)31(41)37(2)3)46-22-10-12-28(40)26(34)17-22/h7-13,17-19,27,36,40H,4-6,14-16,35H2,1-3H3. The van der Waals surface area contributed by atoms with Gasteiger partial charge in [-0.05, 0) is 67.8 Å². The number of urea groups is 1. The second kappa shape index (κ2) is 13.6. The Balaban J connectivity index is 1.56. The predicted octanol–water partition coefficient (Wildman–Crippen LogP) is 5.02. The van der Waals surface area contributed by atoms with Gasteiger partial charge in [0.15, 0.2) is 0 Å². The Bertz CT molecular complexity index is 1960. The molecular formula is C33H36ClN5O7S. The maximum Gasteiger partial charge on any atom is 0.341 e. The molecule has 5 rings (SSSR count). The Hall–Kier alpha value is -4.59. The summed E-state index contributed by atoms with van der Waals surface area (Å²) in [5.74, 6) is -1.16. The Morgan fingerprint density at radius 1 is 1.09 bits per heavy atom. The number of aromatic nitrogens is 1. The number of nitrogens with two attached hydrogens (primary N) is 1. The van der Waals surface area contributed by atoms with E-state index >= 15 is 0 Å². The summed E-state index contributed by atoms with van der Waals surface area (Å²) in [5.41, 5.74) is 8.00. The zero-order chi connectivity index (χ0) is 34.0. The maximum atomic E-state index is 14.4. The Morgan fingerprint density at radius 3 is 2.55 bits per heavy atom. The summed E-state index contributed by atoms with van der Waals surface area (Å²) in [5, 5.41) is 10.6. The lowest BCUT2D eigenvalue weighted by molar-refractivity contribution is -0.128. The van der Waals surface area contributed by atoms with Crippen molar-refractivity contribution >= 4 is 50.4 Å². The first-order valence-corrected chi connectivity index (χ1v) is 16.8. The van der Waals surface area contributed by atoms with E-state index in [9.17, 15) is 27.9 Å². The number of hydrogen-bond donors (Lipinski definition) is 3. The number of nitrogens with one attached hydrogen (secondary N) is 1. The number of phenolic OH excluding ortho intramolecular Hbond substituents is 1. The van der Waals surface area contributed by atoms with Crippen molar-refractivity contribution in [2.24, 2.45) is 5.73 Å². The van der Waals surface area contributed by atoms with Crippen LogP contribution in [-0.2, 0) is 21.2 Å².